The number of nitrogens with one attached hydrogen (secondary N) is 2. The summed E-state index contributed by atoms with van der Waals surface area (Å²) in [7, 11) is 0. The van der Waals surface area contributed by atoms with Gasteiger partial charge in [-0.05, 0) is 47.4 Å². The molecule has 4 nitrogen and oxygen atoms in total. The van der Waals surface area contributed by atoms with Gasteiger partial charge in [0.15, 0.2) is 0 Å². The van der Waals surface area contributed by atoms with Crippen LogP contribution in [0, 0.1) is 5.92 Å². The quantitative estimate of drug-likeness (QED) is 0.751. The molecule has 1 aliphatic rings. The fourth-order valence-corrected chi connectivity index (χ4v) is 3.32. The first-order valence-electron chi connectivity index (χ1n) is 10.1. The summed E-state index contributed by atoms with van der Waals surface area (Å²) in [6.07, 6.45) is 2.59. The van der Waals surface area contributed by atoms with E-state index >= 15 is 0 Å². The highest BCUT2D eigenvalue weighted by molar-refractivity contribution is 5.94. The Bertz CT molecular complexity index is 803. The highest BCUT2D eigenvalue weighted by Gasteiger charge is 2.33. The molecule has 2 aromatic rings. The van der Waals surface area contributed by atoms with E-state index in [0.717, 1.165) is 18.4 Å². The van der Waals surface area contributed by atoms with Gasteiger partial charge in [-0.2, -0.15) is 0 Å². The predicted molar refractivity (Wildman–Crippen MR) is 112 cm³/mol. The molecule has 1 fully saturated rings. The summed E-state index contributed by atoms with van der Waals surface area (Å²) in [6, 6.07) is 17.8. The average Bonchev–Trinajstić information content (AvgIpc) is 3.51. The van der Waals surface area contributed by atoms with Crippen LogP contribution in [0.1, 0.15) is 67.6 Å². The number of hydrogen-bond donors (Lipinski definition) is 2. The topological polar surface area (TPSA) is 58.2 Å². The molecule has 148 valence electrons. The Morgan fingerprint density at radius 3 is 2.21 bits per heavy atom. The molecular weight excluding hydrogens is 348 g/mol. The van der Waals surface area contributed by atoms with Gasteiger partial charge in [0, 0.05) is 18.5 Å². The third kappa shape index (κ3) is 5.44. The number of benzene rings is 2. The summed E-state index contributed by atoms with van der Waals surface area (Å²) in [6.45, 7) is 6.76. The molecular formula is C24H30N2O2. The van der Waals surface area contributed by atoms with E-state index in [-0.39, 0.29) is 29.7 Å². The average molecular weight is 379 g/mol. The van der Waals surface area contributed by atoms with Crippen molar-refractivity contribution in [3.05, 3.63) is 71.3 Å². The Morgan fingerprint density at radius 2 is 1.64 bits per heavy atom. The molecule has 1 saturated carbocycles. The molecule has 3 rings (SSSR count). The van der Waals surface area contributed by atoms with Crippen LogP contribution in [0.25, 0.3) is 0 Å². The zero-order chi connectivity index (χ0) is 20.1. The van der Waals surface area contributed by atoms with Crippen LogP contribution in [0.2, 0.25) is 0 Å². The number of carbonyl (C=O) groups excluding carboxylic acids is 2. The zero-order valence-electron chi connectivity index (χ0n) is 17.0. The maximum Gasteiger partial charge on any atom is 0.251 e. The van der Waals surface area contributed by atoms with Crippen LogP contribution in [0.4, 0.5) is 0 Å². The van der Waals surface area contributed by atoms with Crippen LogP contribution >= 0.6 is 0 Å². The first-order valence-corrected chi connectivity index (χ1v) is 10.1. The summed E-state index contributed by atoms with van der Waals surface area (Å²) >= 11 is 0. The van der Waals surface area contributed by atoms with Gasteiger partial charge in [-0.15, -0.1) is 0 Å². The lowest BCUT2D eigenvalue weighted by molar-refractivity contribution is -0.121. The third-order valence-electron chi connectivity index (χ3n) is 5.22. The van der Waals surface area contributed by atoms with Crippen LogP contribution in [-0.2, 0) is 10.2 Å². The van der Waals surface area contributed by atoms with Crippen LogP contribution < -0.4 is 10.6 Å². The van der Waals surface area contributed by atoms with Crippen molar-refractivity contribution >= 4 is 11.8 Å². The van der Waals surface area contributed by atoms with Gasteiger partial charge >= 0.3 is 0 Å². The van der Waals surface area contributed by atoms with Crippen LogP contribution in [-0.4, -0.2) is 18.4 Å². The first-order chi connectivity index (χ1) is 13.3. The molecule has 1 aliphatic carbocycles. The van der Waals surface area contributed by atoms with Crippen LogP contribution in [0.5, 0.6) is 0 Å². The summed E-state index contributed by atoms with van der Waals surface area (Å²) in [5, 5.41) is 5.99. The smallest absolute Gasteiger partial charge is 0.251 e. The van der Waals surface area contributed by atoms with Gasteiger partial charge in [-0.1, -0.05) is 63.2 Å². The van der Waals surface area contributed by atoms with Crippen LogP contribution in [0.15, 0.2) is 54.6 Å². The minimum absolute atomic E-state index is 0.0240. The largest absolute Gasteiger partial charge is 0.352 e. The van der Waals surface area contributed by atoms with Crippen molar-refractivity contribution in [1.82, 2.24) is 10.6 Å². The predicted octanol–water partition coefficient (Wildman–Crippen LogP) is 4.37. The van der Waals surface area contributed by atoms with Gasteiger partial charge in [-0.25, -0.2) is 0 Å². The number of rotatable bonds is 7. The third-order valence-corrected chi connectivity index (χ3v) is 5.22. The highest BCUT2D eigenvalue weighted by Crippen LogP contribution is 2.40. The second-order valence-electron chi connectivity index (χ2n) is 8.63. The molecule has 0 spiro atoms. The van der Waals surface area contributed by atoms with E-state index in [1.165, 1.54) is 5.56 Å². The Balaban J connectivity index is 1.47. The highest BCUT2D eigenvalue weighted by atomic mass is 16.2. The maximum atomic E-state index is 12.4. The standard InChI is InChI=1S/C24H30N2O2/c1-24(2,3)20-13-11-19(12-14-20)23(28)25-16-15-21(27)26-22(18-9-10-18)17-7-5-4-6-8-17/h4-8,11-14,18,22H,9-10,15-16H2,1-3H3,(H,25,28)(H,26,27). The van der Waals surface area contributed by atoms with Gasteiger partial charge in [0.1, 0.15) is 0 Å². The summed E-state index contributed by atoms with van der Waals surface area (Å²) < 4.78 is 0. The minimum Gasteiger partial charge on any atom is -0.352 e. The Hall–Kier alpha value is -2.62. The van der Waals surface area contributed by atoms with Crippen molar-refractivity contribution in [2.45, 2.75) is 51.5 Å². The maximum absolute atomic E-state index is 12.4. The van der Waals surface area contributed by atoms with E-state index in [2.05, 4.69) is 43.5 Å². The molecule has 0 heterocycles. The Kier molecular flexibility index (Phi) is 6.18. The van der Waals surface area contributed by atoms with E-state index in [1.807, 2.05) is 42.5 Å². The van der Waals surface area contributed by atoms with Crippen molar-refractivity contribution in [1.29, 1.82) is 0 Å². The van der Waals surface area contributed by atoms with Crippen LogP contribution in [0.3, 0.4) is 0 Å². The first kappa shape index (κ1) is 20.1. The van der Waals surface area contributed by atoms with Gasteiger partial charge in [0.05, 0.1) is 6.04 Å². The molecule has 0 aromatic heterocycles. The molecule has 28 heavy (non-hydrogen) atoms. The lowest BCUT2D eigenvalue weighted by atomic mass is 9.87. The molecule has 2 aromatic carbocycles. The summed E-state index contributed by atoms with van der Waals surface area (Å²) in [4.78, 5) is 24.7. The zero-order valence-corrected chi connectivity index (χ0v) is 17.0. The lowest BCUT2D eigenvalue weighted by Crippen LogP contribution is -2.33. The molecule has 0 bridgehead atoms. The fourth-order valence-electron chi connectivity index (χ4n) is 3.32. The van der Waals surface area contributed by atoms with E-state index in [4.69, 9.17) is 0 Å². The monoisotopic (exact) mass is 378 g/mol. The van der Waals surface area contributed by atoms with E-state index in [9.17, 15) is 9.59 Å². The van der Waals surface area contributed by atoms with E-state index in [1.54, 1.807) is 0 Å². The van der Waals surface area contributed by atoms with E-state index < -0.39 is 0 Å². The van der Waals surface area contributed by atoms with Crippen molar-refractivity contribution in [3.8, 4) is 0 Å². The second-order valence-corrected chi connectivity index (χ2v) is 8.63. The Morgan fingerprint density at radius 1 is 1.00 bits per heavy atom. The van der Waals surface area contributed by atoms with Gasteiger partial charge < -0.3 is 10.6 Å². The molecule has 1 unspecified atom stereocenters. The SMILES string of the molecule is CC(C)(C)c1ccc(C(=O)NCCC(=O)NC(c2ccccc2)C2CC2)cc1. The van der Waals surface area contributed by atoms with Crippen molar-refractivity contribution in [3.63, 3.8) is 0 Å². The molecule has 0 radical (unpaired) electrons. The van der Waals surface area contributed by atoms with Crippen molar-refractivity contribution in [2.75, 3.05) is 6.54 Å². The second kappa shape index (κ2) is 8.59. The molecule has 2 N–H and O–H groups in total. The molecule has 4 heteroatoms. The lowest BCUT2D eigenvalue weighted by Gasteiger charge is -2.19. The molecule has 0 saturated heterocycles. The normalized spacial score (nSPS) is 15.0. The number of hydrogen-bond acceptors (Lipinski definition) is 2. The van der Waals surface area contributed by atoms with Gasteiger partial charge in [0.2, 0.25) is 5.91 Å². The number of amides is 2. The molecule has 2 amide bonds. The number of carbonyl (C=O) groups is 2. The summed E-state index contributed by atoms with van der Waals surface area (Å²) in [5.74, 6) is 0.362. The minimum atomic E-state index is -0.143. The Labute approximate surface area is 167 Å². The van der Waals surface area contributed by atoms with Gasteiger partial charge in [0.25, 0.3) is 5.91 Å². The summed E-state index contributed by atoms with van der Waals surface area (Å²) in [5.41, 5.74) is 3.02. The van der Waals surface area contributed by atoms with Gasteiger partial charge in [-0.3, -0.25) is 9.59 Å². The van der Waals surface area contributed by atoms with E-state index in [0.29, 0.717) is 18.0 Å². The molecule has 1 atom stereocenters. The fraction of sp³-hybridized carbons (Fsp3) is 0.417. The van der Waals surface area contributed by atoms with Crippen molar-refractivity contribution in [2.24, 2.45) is 5.92 Å². The molecule has 0 aliphatic heterocycles. The van der Waals surface area contributed by atoms with Crippen molar-refractivity contribution < 1.29 is 9.59 Å².